The maximum Gasteiger partial charge on any atom is 0.224 e. The number of anilines is 1. The Balaban J connectivity index is 0.000000228. The zero-order valence-electron chi connectivity index (χ0n) is 22.9. The van der Waals surface area contributed by atoms with E-state index in [4.69, 9.17) is 5.26 Å². The first-order chi connectivity index (χ1) is 19.8. The normalized spacial score (nSPS) is 19.1. The molecule has 2 aromatic carbocycles. The van der Waals surface area contributed by atoms with Crippen molar-refractivity contribution in [3.8, 4) is 33.2 Å². The number of benzene rings is 2. The number of carbonyl (C=O) groups excluding carboxylic acids is 1. The van der Waals surface area contributed by atoms with Crippen molar-refractivity contribution in [3.63, 3.8) is 0 Å². The lowest BCUT2D eigenvalue weighted by molar-refractivity contribution is -0.126. The predicted molar refractivity (Wildman–Crippen MR) is 163 cm³/mol. The van der Waals surface area contributed by atoms with Crippen LogP contribution in [-0.2, 0) is 14.6 Å². The van der Waals surface area contributed by atoms with Gasteiger partial charge in [0.2, 0.25) is 5.91 Å². The van der Waals surface area contributed by atoms with E-state index in [-0.39, 0.29) is 24.8 Å². The maximum atomic E-state index is 11.8. The SMILES string of the molecule is N#CC1(NC(=O)C2CCCCC2)CC1.N#Cc1ccccc1-c1ncc(-c2ccc(N3CCS(=O)(=O)CC3)cc2)s1.[HH]. The van der Waals surface area contributed by atoms with Crippen molar-refractivity contribution < 1.29 is 14.6 Å². The van der Waals surface area contributed by atoms with Gasteiger partial charge in [-0.05, 0) is 49.4 Å². The van der Waals surface area contributed by atoms with Crippen LogP contribution in [0.1, 0.15) is 51.9 Å². The van der Waals surface area contributed by atoms with Gasteiger partial charge in [0, 0.05) is 37.9 Å². The summed E-state index contributed by atoms with van der Waals surface area (Å²) in [5, 5.41) is 21.8. The molecule has 3 fully saturated rings. The molecule has 1 aliphatic heterocycles. The summed E-state index contributed by atoms with van der Waals surface area (Å²) in [5.74, 6) is 0.717. The standard InChI is InChI=1S/C20H17N3O2S2.C11H16N2O.H2/c21-13-16-3-1-2-4-18(16)20-22-14-19(26-20)15-5-7-17(8-6-15)23-9-11-27(24,25)12-10-23;12-8-11(6-7-11)13-10(14)9-4-2-1-3-5-9;/h1-8,14H,9-12H2;9H,1-7H2,(H,13,14);1H. The summed E-state index contributed by atoms with van der Waals surface area (Å²) in [5.41, 5.74) is 3.08. The van der Waals surface area contributed by atoms with Crippen molar-refractivity contribution in [1.82, 2.24) is 10.3 Å². The molecule has 2 heterocycles. The molecule has 10 heteroatoms. The summed E-state index contributed by atoms with van der Waals surface area (Å²) in [4.78, 5) is 19.4. The molecule has 41 heavy (non-hydrogen) atoms. The third kappa shape index (κ3) is 7.13. The van der Waals surface area contributed by atoms with Gasteiger partial charge >= 0.3 is 0 Å². The number of amides is 1. The molecule has 214 valence electrons. The molecule has 1 amide bonds. The van der Waals surface area contributed by atoms with Gasteiger partial charge in [-0.3, -0.25) is 4.79 Å². The number of carbonyl (C=O) groups is 1. The van der Waals surface area contributed by atoms with E-state index in [1.165, 1.54) is 6.42 Å². The van der Waals surface area contributed by atoms with E-state index >= 15 is 0 Å². The van der Waals surface area contributed by atoms with Gasteiger partial charge in [0.15, 0.2) is 9.84 Å². The summed E-state index contributed by atoms with van der Waals surface area (Å²) in [6, 6.07) is 20.0. The van der Waals surface area contributed by atoms with Crippen molar-refractivity contribution in [2.24, 2.45) is 5.92 Å². The van der Waals surface area contributed by atoms with Crippen molar-refractivity contribution in [2.75, 3.05) is 29.5 Å². The number of nitriles is 2. The van der Waals surface area contributed by atoms with Crippen LogP contribution in [0.5, 0.6) is 0 Å². The second kappa shape index (κ2) is 12.4. The number of nitrogens with zero attached hydrogens (tertiary/aromatic N) is 4. The molecule has 1 N–H and O–H groups in total. The first-order valence-electron chi connectivity index (χ1n) is 14.1. The predicted octanol–water partition coefficient (Wildman–Crippen LogP) is 5.57. The molecule has 1 aromatic heterocycles. The summed E-state index contributed by atoms with van der Waals surface area (Å²) in [6.45, 7) is 1.08. The average Bonchev–Trinajstić information content (AvgIpc) is 3.61. The van der Waals surface area contributed by atoms with E-state index < -0.39 is 15.4 Å². The topological polar surface area (TPSA) is 127 Å². The highest BCUT2D eigenvalue weighted by Gasteiger charge is 2.45. The average molecular weight is 590 g/mol. The quantitative estimate of drug-likeness (QED) is 0.412. The Morgan fingerprint density at radius 1 is 1.02 bits per heavy atom. The number of sulfone groups is 1. The molecule has 0 unspecified atom stereocenters. The molecule has 0 atom stereocenters. The third-order valence-corrected chi connectivity index (χ3v) is 10.6. The van der Waals surface area contributed by atoms with Crippen molar-refractivity contribution in [3.05, 3.63) is 60.3 Å². The molecule has 0 spiro atoms. The van der Waals surface area contributed by atoms with Crippen LogP contribution in [0.2, 0.25) is 0 Å². The molecule has 2 saturated carbocycles. The lowest BCUT2D eigenvalue weighted by atomic mass is 9.88. The molecule has 3 aliphatic rings. The lowest BCUT2D eigenvalue weighted by Gasteiger charge is -2.28. The van der Waals surface area contributed by atoms with Crippen LogP contribution in [0.25, 0.3) is 21.0 Å². The minimum atomic E-state index is -2.88. The Morgan fingerprint density at radius 2 is 1.71 bits per heavy atom. The van der Waals surface area contributed by atoms with E-state index in [1.807, 2.05) is 48.7 Å². The van der Waals surface area contributed by atoms with E-state index in [0.29, 0.717) is 18.7 Å². The van der Waals surface area contributed by atoms with Crippen molar-refractivity contribution >= 4 is 32.8 Å². The van der Waals surface area contributed by atoms with Gasteiger partial charge in [0.1, 0.15) is 10.5 Å². The Morgan fingerprint density at radius 3 is 2.34 bits per heavy atom. The number of hydrogen-bond acceptors (Lipinski definition) is 8. The van der Waals surface area contributed by atoms with Crippen LogP contribution in [0.3, 0.4) is 0 Å². The molecule has 2 aliphatic carbocycles. The van der Waals surface area contributed by atoms with Gasteiger partial charge in [0.25, 0.3) is 0 Å². The molecular formula is C31H35N5O3S2. The summed E-state index contributed by atoms with van der Waals surface area (Å²) in [7, 11) is -2.88. The van der Waals surface area contributed by atoms with Gasteiger partial charge in [-0.15, -0.1) is 11.3 Å². The summed E-state index contributed by atoms with van der Waals surface area (Å²) >= 11 is 1.55. The zero-order valence-corrected chi connectivity index (χ0v) is 24.5. The first kappa shape index (κ1) is 28.8. The van der Waals surface area contributed by atoms with Crippen LogP contribution in [0, 0.1) is 28.6 Å². The zero-order chi connectivity index (χ0) is 28.9. The van der Waals surface area contributed by atoms with E-state index in [9.17, 15) is 18.5 Å². The Kier molecular flexibility index (Phi) is 8.72. The van der Waals surface area contributed by atoms with Crippen molar-refractivity contribution in [1.29, 1.82) is 10.5 Å². The van der Waals surface area contributed by atoms with Crippen LogP contribution < -0.4 is 10.2 Å². The minimum absolute atomic E-state index is 0. The second-order valence-corrected chi connectivity index (χ2v) is 14.2. The van der Waals surface area contributed by atoms with Gasteiger partial charge in [0.05, 0.1) is 34.1 Å². The van der Waals surface area contributed by atoms with Crippen molar-refractivity contribution in [2.45, 2.75) is 50.5 Å². The van der Waals surface area contributed by atoms with Gasteiger partial charge in [-0.2, -0.15) is 10.5 Å². The Labute approximate surface area is 247 Å². The van der Waals surface area contributed by atoms with E-state index in [1.54, 1.807) is 17.4 Å². The number of nitrogens with one attached hydrogen (secondary N) is 1. The molecule has 3 aromatic rings. The van der Waals surface area contributed by atoms with Gasteiger partial charge in [-0.25, -0.2) is 13.4 Å². The number of aromatic nitrogens is 1. The van der Waals surface area contributed by atoms with Crippen LogP contribution in [0.15, 0.2) is 54.7 Å². The third-order valence-electron chi connectivity index (χ3n) is 7.95. The molecule has 0 bridgehead atoms. The fourth-order valence-electron chi connectivity index (χ4n) is 5.20. The number of rotatable bonds is 5. The second-order valence-electron chi connectivity index (χ2n) is 10.9. The van der Waals surface area contributed by atoms with E-state index in [0.717, 1.165) is 65.2 Å². The van der Waals surface area contributed by atoms with Crippen LogP contribution in [0.4, 0.5) is 5.69 Å². The summed E-state index contributed by atoms with van der Waals surface area (Å²) in [6.07, 6.45) is 9.10. The monoisotopic (exact) mass is 589 g/mol. The first-order valence-corrected chi connectivity index (χ1v) is 16.7. The molecular weight excluding hydrogens is 555 g/mol. The lowest BCUT2D eigenvalue weighted by Crippen LogP contribution is -2.40. The Bertz CT molecular complexity index is 1570. The highest BCUT2D eigenvalue weighted by Crippen LogP contribution is 2.36. The fraction of sp³-hybridized carbons (Fsp3) is 0.419. The largest absolute Gasteiger partial charge is 0.369 e. The van der Waals surface area contributed by atoms with Crippen LogP contribution >= 0.6 is 11.3 Å². The molecule has 1 saturated heterocycles. The van der Waals surface area contributed by atoms with E-state index in [2.05, 4.69) is 27.3 Å². The highest BCUT2D eigenvalue weighted by molar-refractivity contribution is 7.91. The minimum Gasteiger partial charge on any atom is -0.369 e. The van der Waals surface area contributed by atoms with Gasteiger partial charge in [-0.1, -0.05) is 49.6 Å². The molecule has 6 rings (SSSR count). The van der Waals surface area contributed by atoms with Gasteiger partial charge < -0.3 is 10.2 Å². The number of thiazole rings is 1. The molecule has 8 nitrogen and oxygen atoms in total. The van der Waals surface area contributed by atoms with Crippen LogP contribution in [-0.4, -0.2) is 49.4 Å². The number of hydrogen-bond donors (Lipinski definition) is 1. The Hall–Kier alpha value is -3.73. The summed E-state index contributed by atoms with van der Waals surface area (Å²) < 4.78 is 23.2. The fourth-order valence-corrected chi connectivity index (χ4v) is 7.36. The maximum absolute atomic E-state index is 11.8. The molecule has 0 radical (unpaired) electrons. The highest BCUT2D eigenvalue weighted by atomic mass is 32.2. The smallest absolute Gasteiger partial charge is 0.224 e.